The molecule has 5 nitrogen and oxygen atoms in total. The minimum Gasteiger partial charge on any atom is -0.342 e. The Balaban J connectivity index is 1.26. The molecule has 5 rings (SSSR count). The Morgan fingerprint density at radius 1 is 0.931 bits per heavy atom. The summed E-state index contributed by atoms with van der Waals surface area (Å²) in [7, 11) is 0. The van der Waals surface area contributed by atoms with Crippen molar-refractivity contribution < 1.29 is 4.79 Å². The maximum atomic E-state index is 12.9. The first-order valence-electron chi connectivity index (χ1n) is 10.5. The highest BCUT2D eigenvalue weighted by Crippen LogP contribution is 2.38. The summed E-state index contributed by atoms with van der Waals surface area (Å²) < 4.78 is 1.67. The molecule has 0 bridgehead atoms. The van der Waals surface area contributed by atoms with Gasteiger partial charge < -0.3 is 4.90 Å². The summed E-state index contributed by atoms with van der Waals surface area (Å²) in [5.74, 6) is 0.691. The fourth-order valence-electron chi connectivity index (χ4n) is 4.38. The number of piperidine rings is 1. The van der Waals surface area contributed by atoms with Gasteiger partial charge in [0, 0.05) is 25.1 Å². The molecule has 1 saturated carbocycles. The molecule has 0 N–H and O–H groups in total. The lowest BCUT2D eigenvalue weighted by molar-refractivity contribution is -0.131. The third kappa shape index (κ3) is 3.69. The van der Waals surface area contributed by atoms with E-state index in [2.05, 4.69) is 23.3 Å². The van der Waals surface area contributed by atoms with Crippen LogP contribution in [0.4, 0.5) is 0 Å². The van der Waals surface area contributed by atoms with Crippen molar-refractivity contribution >= 4 is 16.7 Å². The first-order chi connectivity index (χ1) is 14.2. The van der Waals surface area contributed by atoms with Gasteiger partial charge in [-0.05, 0) is 48.1 Å². The smallest absolute Gasteiger partial charge is 0.267 e. The Bertz CT molecular complexity index is 1100. The van der Waals surface area contributed by atoms with Crippen molar-refractivity contribution in [1.82, 2.24) is 14.7 Å². The molecule has 1 aliphatic heterocycles. The normalized spacial score (nSPS) is 17.6. The van der Waals surface area contributed by atoms with Gasteiger partial charge in [0.05, 0.1) is 18.2 Å². The van der Waals surface area contributed by atoms with Crippen molar-refractivity contribution in [2.45, 2.75) is 44.1 Å². The van der Waals surface area contributed by atoms with Gasteiger partial charge in [-0.25, -0.2) is 4.68 Å². The topological polar surface area (TPSA) is 55.2 Å². The van der Waals surface area contributed by atoms with Crippen LogP contribution in [-0.2, 0) is 11.2 Å². The number of benzene rings is 2. The number of likely N-dealkylation sites (tertiary alicyclic amines) is 1. The van der Waals surface area contributed by atoms with E-state index in [4.69, 9.17) is 0 Å². The number of carbonyl (C=O) groups is 1. The van der Waals surface area contributed by atoms with E-state index in [1.165, 1.54) is 12.8 Å². The van der Waals surface area contributed by atoms with Crippen LogP contribution < -0.4 is 5.56 Å². The number of fused-ring (bicyclic) bond motifs is 1. The predicted octanol–water partition coefficient (Wildman–Crippen LogP) is 3.68. The van der Waals surface area contributed by atoms with Crippen LogP contribution in [-0.4, -0.2) is 33.7 Å². The van der Waals surface area contributed by atoms with E-state index in [9.17, 15) is 9.59 Å². The second kappa shape index (κ2) is 7.47. The quantitative estimate of drug-likeness (QED) is 0.686. The van der Waals surface area contributed by atoms with Crippen LogP contribution in [0.2, 0.25) is 0 Å². The molecule has 2 aromatic carbocycles. The SMILES string of the molecule is O=C(Cc1cccc2ccccc12)N1CCC(n2nc(C3CC3)ccc2=O)CC1. The molecule has 5 heteroatoms. The molecule has 148 valence electrons. The predicted molar refractivity (Wildman–Crippen MR) is 113 cm³/mol. The average Bonchev–Trinajstić information content (AvgIpc) is 3.60. The van der Waals surface area contributed by atoms with E-state index in [0.717, 1.165) is 34.9 Å². The number of hydrogen-bond donors (Lipinski definition) is 0. The molecular formula is C24H25N3O2. The molecule has 2 heterocycles. The third-order valence-electron chi connectivity index (χ3n) is 6.23. The van der Waals surface area contributed by atoms with Gasteiger partial charge in [-0.2, -0.15) is 5.10 Å². The van der Waals surface area contributed by atoms with E-state index in [0.29, 0.717) is 25.4 Å². The zero-order valence-corrected chi connectivity index (χ0v) is 16.5. The van der Waals surface area contributed by atoms with E-state index in [-0.39, 0.29) is 17.5 Å². The van der Waals surface area contributed by atoms with Crippen LogP contribution in [0.25, 0.3) is 10.8 Å². The second-order valence-electron chi connectivity index (χ2n) is 8.24. The maximum Gasteiger partial charge on any atom is 0.267 e. The van der Waals surface area contributed by atoms with Gasteiger partial charge >= 0.3 is 0 Å². The highest BCUT2D eigenvalue weighted by molar-refractivity contribution is 5.90. The van der Waals surface area contributed by atoms with Gasteiger partial charge in [0.1, 0.15) is 0 Å². The molecule has 1 saturated heterocycles. The summed E-state index contributed by atoms with van der Waals surface area (Å²) in [6.45, 7) is 1.35. The van der Waals surface area contributed by atoms with Gasteiger partial charge in [0.25, 0.3) is 5.56 Å². The molecule has 0 unspecified atom stereocenters. The van der Waals surface area contributed by atoms with Gasteiger partial charge in [-0.1, -0.05) is 42.5 Å². The number of carbonyl (C=O) groups excluding carboxylic acids is 1. The summed E-state index contributed by atoms with van der Waals surface area (Å²) in [6, 6.07) is 17.9. The molecule has 0 atom stereocenters. The lowest BCUT2D eigenvalue weighted by Gasteiger charge is -2.32. The standard InChI is InChI=1S/C24H25N3O2/c28-23-11-10-22(18-8-9-18)25-27(23)20-12-14-26(15-13-20)24(29)16-19-6-3-5-17-4-1-2-7-21(17)19/h1-7,10-11,18,20H,8-9,12-16H2. The summed E-state index contributed by atoms with van der Waals surface area (Å²) in [6.07, 6.45) is 4.32. The average molecular weight is 387 g/mol. The first kappa shape index (κ1) is 18.1. The van der Waals surface area contributed by atoms with Crippen LogP contribution in [0.3, 0.4) is 0 Å². The molecule has 0 spiro atoms. The Hall–Kier alpha value is -2.95. The van der Waals surface area contributed by atoms with Crippen LogP contribution in [0.15, 0.2) is 59.4 Å². The zero-order valence-electron chi connectivity index (χ0n) is 16.5. The Labute approximate surface area is 170 Å². The van der Waals surface area contributed by atoms with Crippen molar-refractivity contribution in [3.8, 4) is 0 Å². The highest BCUT2D eigenvalue weighted by Gasteiger charge is 2.28. The lowest BCUT2D eigenvalue weighted by atomic mass is 10.0. The van der Waals surface area contributed by atoms with Crippen molar-refractivity contribution in [2.24, 2.45) is 0 Å². The van der Waals surface area contributed by atoms with Crippen molar-refractivity contribution in [3.05, 3.63) is 76.2 Å². The second-order valence-corrected chi connectivity index (χ2v) is 8.24. The number of hydrogen-bond acceptors (Lipinski definition) is 3. The molecule has 29 heavy (non-hydrogen) atoms. The monoisotopic (exact) mass is 387 g/mol. The number of nitrogens with zero attached hydrogens (tertiary/aromatic N) is 3. The van der Waals surface area contributed by atoms with Crippen LogP contribution in [0, 0.1) is 0 Å². The van der Waals surface area contributed by atoms with Crippen molar-refractivity contribution in [2.75, 3.05) is 13.1 Å². The summed E-state index contributed by atoms with van der Waals surface area (Å²) in [5, 5.41) is 6.94. The van der Waals surface area contributed by atoms with Gasteiger partial charge in [-0.15, -0.1) is 0 Å². The van der Waals surface area contributed by atoms with Gasteiger partial charge in [-0.3, -0.25) is 9.59 Å². The minimum atomic E-state index is -0.0325. The largest absolute Gasteiger partial charge is 0.342 e. The molecule has 0 radical (unpaired) electrons. The molecule has 1 amide bonds. The number of amides is 1. The number of aromatic nitrogens is 2. The van der Waals surface area contributed by atoms with Crippen LogP contribution in [0.1, 0.15) is 48.9 Å². The van der Waals surface area contributed by atoms with Crippen LogP contribution >= 0.6 is 0 Å². The van der Waals surface area contributed by atoms with Gasteiger partial charge in [0.2, 0.25) is 5.91 Å². The highest BCUT2D eigenvalue weighted by atomic mass is 16.2. The zero-order chi connectivity index (χ0) is 19.8. The Morgan fingerprint density at radius 3 is 2.48 bits per heavy atom. The number of rotatable bonds is 4. The molecule has 1 aromatic heterocycles. The maximum absolute atomic E-state index is 12.9. The summed E-state index contributed by atoms with van der Waals surface area (Å²) >= 11 is 0. The van der Waals surface area contributed by atoms with E-state index >= 15 is 0 Å². The van der Waals surface area contributed by atoms with Crippen molar-refractivity contribution in [1.29, 1.82) is 0 Å². The van der Waals surface area contributed by atoms with Crippen LogP contribution in [0.5, 0.6) is 0 Å². The first-order valence-corrected chi connectivity index (χ1v) is 10.5. The molecule has 2 aliphatic rings. The van der Waals surface area contributed by atoms with E-state index in [1.807, 2.05) is 35.2 Å². The van der Waals surface area contributed by atoms with E-state index < -0.39 is 0 Å². The lowest BCUT2D eigenvalue weighted by Crippen LogP contribution is -2.42. The molecule has 3 aromatic rings. The summed E-state index contributed by atoms with van der Waals surface area (Å²) in [5.41, 5.74) is 2.08. The molecule has 2 fully saturated rings. The van der Waals surface area contributed by atoms with Gasteiger partial charge in [0.15, 0.2) is 0 Å². The molecule has 1 aliphatic carbocycles. The van der Waals surface area contributed by atoms with Crippen molar-refractivity contribution in [3.63, 3.8) is 0 Å². The fraction of sp³-hybridized carbons (Fsp3) is 0.375. The summed E-state index contributed by atoms with van der Waals surface area (Å²) in [4.78, 5) is 27.2. The minimum absolute atomic E-state index is 0.0325. The third-order valence-corrected chi connectivity index (χ3v) is 6.23. The Kier molecular flexibility index (Phi) is 4.66. The fourth-order valence-corrected chi connectivity index (χ4v) is 4.38. The van der Waals surface area contributed by atoms with E-state index in [1.54, 1.807) is 10.7 Å². The Morgan fingerprint density at radius 2 is 1.69 bits per heavy atom. The molecular weight excluding hydrogens is 362 g/mol.